The lowest BCUT2D eigenvalue weighted by atomic mass is 10.1. The van der Waals surface area contributed by atoms with Crippen LogP contribution >= 0.6 is 15.9 Å². The van der Waals surface area contributed by atoms with Gasteiger partial charge in [0.05, 0.1) is 24.3 Å². The van der Waals surface area contributed by atoms with Crippen molar-refractivity contribution in [1.82, 2.24) is 0 Å². The summed E-state index contributed by atoms with van der Waals surface area (Å²) in [6.07, 6.45) is 3.09. The van der Waals surface area contributed by atoms with Crippen LogP contribution in [-0.2, 0) is 0 Å². The second-order valence-corrected chi connectivity index (χ2v) is 5.28. The van der Waals surface area contributed by atoms with Crippen LogP contribution in [0.5, 0.6) is 17.2 Å². The average molecular weight is 363 g/mol. The molecule has 0 fully saturated rings. The summed E-state index contributed by atoms with van der Waals surface area (Å²) in [5, 5.41) is 10.2. The number of methoxy groups -OCH3 is 2. The van der Waals surface area contributed by atoms with Crippen LogP contribution in [0.15, 0.2) is 46.9 Å². The largest absolute Gasteiger partial charge is 0.504 e. The van der Waals surface area contributed by atoms with Crippen molar-refractivity contribution in [2.45, 2.75) is 0 Å². The Kier molecular flexibility index (Phi) is 5.22. The highest BCUT2D eigenvalue weighted by atomic mass is 79.9. The Morgan fingerprint density at radius 3 is 2.36 bits per heavy atom. The molecular weight excluding hydrogens is 348 g/mol. The molecule has 0 unspecified atom stereocenters. The molecule has 114 valence electrons. The van der Waals surface area contributed by atoms with Crippen molar-refractivity contribution < 1.29 is 19.4 Å². The van der Waals surface area contributed by atoms with Crippen molar-refractivity contribution in [3.8, 4) is 17.2 Å². The van der Waals surface area contributed by atoms with Gasteiger partial charge in [-0.05, 0) is 33.6 Å². The second-order valence-electron chi connectivity index (χ2n) is 4.43. The number of benzene rings is 2. The molecule has 0 saturated carbocycles. The first-order valence-corrected chi connectivity index (χ1v) is 7.28. The highest BCUT2D eigenvalue weighted by Gasteiger charge is 2.21. The molecule has 0 saturated heterocycles. The molecule has 0 aliphatic heterocycles. The number of hydrogen-bond donors (Lipinski definition) is 1. The molecule has 0 amide bonds. The first-order chi connectivity index (χ1) is 10.6. The monoisotopic (exact) mass is 362 g/mol. The van der Waals surface area contributed by atoms with Gasteiger partial charge in [0.25, 0.3) is 0 Å². The Hall–Kier alpha value is -2.27. The lowest BCUT2D eigenvalue weighted by Gasteiger charge is -2.13. The maximum atomic E-state index is 12.3. The van der Waals surface area contributed by atoms with Crippen LogP contribution in [-0.4, -0.2) is 25.1 Å². The van der Waals surface area contributed by atoms with Crippen LogP contribution in [0.25, 0.3) is 6.08 Å². The topological polar surface area (TPSA) is 55.8 Å². The molecule has 4 nitrogen and oxygen atoms in total. The van der Waals surface area contributed by atoms with E-state index < -0.39 is 0 Å². The standard InChI is InChI=1S/C17H15BrO4/c1-21-16-13(18)10-12(15(20)17(16)22-2)14(19)9-8-11-6-4-3-5-7-11/h3-10,20H,1-2H3. The van der Waals surface area contributed by atoms with Gasteiger partial charge in [-0.3, -0.25) is 4.79 Å². The van der Waals surface area contributed by atoms with E-state index in [9.17, 15) is 9.90 Å². The minimum absolute atomic E-state index is 0.119. The molecule has 0 bridgehead atoms. The number of hydrogen-bond acceptors (Lipinski definition) is 4. The highest BCUT2D eigenvalue weighted by molar-refractivity contribution is 9.10. The van der Waals surface area contributed by atoms with Gasteiger partial charge in [0, 0.05) is 0 Å². The Labute approximate surface area is 137 Å². The summed E-state index contributed by atoms with van der Waals surface area (Å²) in [6, 6.07) is 10.9. The molecule has 2 aromatic rings. The molecule has 0 aliphatic rings. The van der Waals surface area contributed by atoms with Crippen LogP contribution < -0.4 is 9.47 Å². The van der Waals surface area contributed by atoms with Gasteiger partial charge in [-0.15, -0.1) is 0 Å². The summed E-state index contributed by atoms with van der Waals surface area (Å²) in [5.74, 6) is -0.120. The van der Waals surface area contributed by atoms with Crippen LogP contribution in [0.1, 0.15) is 15.9 Å². The van der Waals surface area contributed by atoms with E-state index >= 15 is 0 Å². The van der Waals surface area contributed by atoms with Gasteiger partial charge in [0.1, 0.15) is 0 Å². The lowest BCUT2D eigenvalue weighted by molar-refractivity contribution is 0.104. The summed E-state index contributed by atoms with van der Waals surface area (Å²) in [6.45, 7) is 0. The molecule has 0 aliphatic carbocycles. The van der Waals surface area contributed by atoms with Crippen LogP contribution in [0, 0.1) is 0 Å². The number of ether oxygens (including phenoxy) is 2. The number of rotatable bonds is 5. The Bertz CT molecular complexity index is 708. The maximum Gasteiger partial charge on any atom is 0.205 e. The summed E-state index contributed by atoms with van der Waals surface area (Å²) in [7, 11) is 2.86. The summed E-state index contributed by atoms with van der Waals surface area (Å²) < 4.78 is 10.8. The van der Waals surface area contributed by atoms with Crippen molar-refractivity contribution in [1.29, 1.82) is 0 Å². The van der Waals surface area contributed by atoms with E-state index in [0.717, 1.165) is 5.56 Å². The fourth-order valence-corrected chi connectivity index (χ4v) is 2.56. The molecular formula is C17H15BrO4. The van der Waals surface area contributed by atoms with E-state index in [2.05, 4.69) is 15.9 Å². The summed E-state index contributed by atoms with van der Waals surface area (Å²) in [4.78, 5) is 12.3. The first kappa shape index (κ1) is 16.1. The van der Waals surface area contributed by atoms with Crippen molar-refractivity contribution in [3.63, 3.8) is 0 Å². The van der Waals surface area contributed by atoms with E-state index in [4.69, 9.17) is 9.47 Å². The Morgan fingerprint density at radius 1 is 1.14 bits per heavy atom. The predicted octanol–water partition coefficient (Wildman–Crippen LogP) is 4.07. The van der Waals surface area contributed by atoms with Crippen LogP contribution in [0.4, 0.5) is 0 Å². The average Bonchev–Trinajstić information content (AvgIpc) is 2.54. The molecule has 2 rings (SSSR count). The Morgan fingerprint density at radius 2 is 1.77 bits per heavy atom. The van der Waals surface area contributed by atoms with Gasteiger partial charge in [-0.1, -0.05) is 36.4 Å². The van der Waals surface area contributed by atoms with Crippen molar-refractivity contribution in [3.05, 3.63) is 58.1 Å². The van der Waals surface area contributed by atoms with Gasteiger partial charge in [-0.25, -0.2) is 0 Å². The zero-order chi connectivity index (χ0) is 16.1. The van der Waals surface area contributed by atoms with E-state index in [1.807, 2.05) is 30.3 Å². The number of halogens is 1. The number of aromatic hydroxyl groups is 1. The van der Waals surface area contributed by atoms with Crippen LogP contribution in [0.2, 0.25) is 0 Å². The van der Waals surface area contributed by atoms with Crippen molar-refractivity contribution >= 4 is 27.8 Å². The molecule has 2 aromatic carbocycles. The van der Waals surface area contributed by atoms with Gasteiger partial charge >= 0.3 is 0 Å². The molecule has 0 spiro atoms. The van der Waals surface area contributed by atoms with E-state index in [1.165, 1.54) is 26.4 Å². The molecule has 5 heteroatoms. The molecule has 0 atom stereocenters. The first-order valence-electron chi connectivity index (χ1n) is 6.49. The predicted molar refractivity (Wildman–Crippen MR) is 88.7 cm³/mol. The minimum Gasteiger partial charge on any atom is -0.504 e. The summed E-state index contributed by atoms with van der Waals surface area (Å²) in [5.41, 5.74) is 1.03. The number of phenolic OH excluding ortho intramolecular Hbond substituents is 1. The van der Waals surface area contributed by atoms with Crippen LogP contribution in [0.3, 0.4) is 0 Å². The third kappa shape index (κ3) is 3.31. The van der Waals surface area contributed by atoms with Crippen molar-refractivity contribution in [2.24, 2.45) is 0 Å². The van der Waals surface area contributed by atoms with Gasteiger partial charge in [0.15, 0.2) is 17.3 Å². The number of allylic oxidation sites excluding steroid dienone is 1. The third-order valence-corrected chi connectivity index (χ3v) is 3.65. The fraction of sp³-hybridized carbons (Fsp3) is 0.118. The van der Waals surface area contributed by atoms with E-state index in [0.29, 0.717) is 10.2 Å². The molecule has 1 N–H and O–H groups in total. The van der Waals surface area contributed by atoms with E-state index in [1.54, 1.807) is 6.08 Å². The molecule has 0 radical (unpaired) electrons. The summed E-state index contributed by atoms with van der Waals surface area (Å²) >= 11 is 3.31. The number of phenols is 1. The maximum absolute atomic E-state index is 12.3. The SMILES string of the molecule is COc1c(Br)cc(C(=O)C=Cc2ccccc2)c(O)c1OC. The normalized spacial score (nSPS) is 10.7. The minimum atomic E-state index is -0.331. The van der Waals surface area contributed by atoms with Gasteiger partial charge in [0.2, 0.25) is 5.75 Å². The number of ketones is 1. The quantitative estimate of drug-likeness (QED) is 0.643. The zero-order valence-corrected chi connectivity index (χ0v) is 13.8. The van der Waals surface area contributed by atoms with Crippen molar-refractivity contribution in [2.75, 3.05) is 14.2 Å². The lowest BCUT2D eigenvalue weighted by Crippen LogP contribution is -2.00. The second kappa shape index (κ2) is 7.13. The Balaban J connectivity index is 2.38. The zero-order valence-electron chi connectivity index (χ0n) is 12.2. The number of carbonyl (C=O) groups excluding carboxylic acids is 1. The molecule has 0 aromatic heterocycles. The van der Waals surface area contributed by atoms with E-state index in [-0.39, 0.29) is 22.8 Å². The smallest absolute Gasteiger partial charge is 0.205 e. The highest BCUT2D eigenvalue weighted by Crippen LogP contribution is 2.44. The molecule has 0 heterocycles. The number of carbonyl (C=O) groups is 1. The fourth-order valence-electron chi connectivity index (χ4n) is 1.99. The third-order valence-electron chi connectivity index (χ3n) is 3.06. The molecule has 22 heavy (non-hydrogen) atoms. The van der Waals surface area contributed by atoms with Gasteiger partial charge in [-0.2, -0.15) is 0 Å². The van der Waals surface area contributed by atoms with Gasteiger partial charge < -0.3 is 14.6 Å².